The molecule has 0 unspecified atom stereocenters. The molecule has 136 valence electrons. The van der Waals surface area contributed by atoms with Crippen molar-refractivity contribution >= 4 is 15.9 Å². The number of rotatable bonds is 9. The van der Waals surface area contributed by atoms with E-state index in [1.807, 2.05) is 13.8 Å². The zero-order valence-corrected chi connectivity index (χ0v) is 15.6. The Kier molecular flexibility index (Phi) is 7.50. The minimum atomic E-state index is -3.30. The van der Waals surface area contributed by atoms with Crippen LogP contribution in [0, 0.1) is 5.92 Å². The fourth-order valence-corrected chi connectivity index (χ4v) is 3.17. The second-order valence-electron chi connectivity index (χ2n) is 5.84. The molecule has 0 spiro atoms. The van der Waals surface area contributed by atoms with Gasteiger partial charge in [0, 0.05) is 25.2 Å². The van der Waals surface area contributed by atoms with Crippen molar-refractivity contribution in [1.82, 2.24) is 9.62 Å². The molecule has 0 heterocycles. The summed E-state index contributed by atoms with van der Waals surface area (Å²) < 4.78 is 35.2. The van der Waals surface area contributed by atoms with E-state index in [1.54, 1.807) is 18.2 Å². The Hall–Kier alpha value is -1.80. The predicted molar refractivity (Wildman–Crippen MR) is 93.1 cm³/mol. The minimum absolute atomic E-state index is 0.210. The van der Waals surface area contributed by atoms with Gasteiger partial charge in [0.05, 0.1) is 20.5 Å². The summed E-state index contributed by atoms with van der Waals surface area (Å²) >= 11 is 0. The van der Waals surface area contributed by atoms with Gasteiger partial charge in [-0.1, -0.05) is 13.8 Å². The molecule has 0 fully saturated rings. The van der Waals surface area contributed by atoms with Gasteiger partial charge in [0.1, 0.15) is 0 Å². The normalized spacial score (nSPS) is 11.6. The Labute approximate surface area is 144 Å². The first-order valence-corrected chi connectivity index (χ1v) is 9.49. The third-order valence-electron chi connectivity index (χ3n) is 3.33. The van der Waals surface area contributed by atoms with Crippen LogP contribution in [0.4, 0.5) is 0 Å². The summed E-state index contributed by atoms with van der Waals surface area (Å²) in [6.07, 6.45) is 1.17. The highest BCUT2D eigenvalue weighted by Crippen LogP contribution is 2.27. The molecular formula is C16H26N2O5S. The van der Waals surface area contributed by atoms with E-state index in [9.17, 15) is 13.2 Å². The summed E-state index contributed by atoms with van der Waals surface area (Å²) in [6, 6.07) is 4.85. The maximum absolute atomic E-state index is 12.2. The number of hydrogen-bond donors (Lipinski definition) is 1. The van der Waals surface area contributed by atoms with Crippen LogP contribution in [-0.2, 0) is 10.0 Å². The predicted octanol–water partition coefficient (Wildman–Crippen LogP) is 1.35. The van der Waals surface area contributed by atoms with Gasteiger partial charge in [0.2, 0.25) is 10.0 Å². The summed E-state index contributed by atoms with van der Waals surface area (Å²) in [5.74, 6) is 0.909. The average molecular weight is 358 g/mol. The summed E-state index contributed by atoms with van der Waals surface area (Å²) in [4.78, 5) is 12.2. The highest BCUT2D eigenvalue weighted by atomic mass is 32.2. The van der Waals surface area contributed by atoms with E-state index >= 15 is 0 Å². The van der Waals surface area contributed by atoms with Gasteiger partial charge < -0.3 is 14.8 Å². The van der Waals surface area contributed by atoms with Crippen molar-refractivity contribution in [2.45, 2.75) is 13.8 Å². The number of nitrogens with one attached hydrogen (secondary N) is 1. The zero-order valence-electron chi connectivity index (χ0n) is 14.8. The van der Waals surface area contributed by atoms with Crippen LogP contribution in [0.2, 0.25) is 0 Å². The molecule has 1 N–H and O–H groups in total. The number of nitrogens with zero attached hydrogens (tertiary/aromatic N) is 1. The van der Waals surface area contributed by atoms with E-state index in [0.717, 1.165) is 0 Å². The molecule has 0 aliphatic heterocycles. The molecule has 1 rings (SSSR count). The number of sulfonamides is 1. The van der Waals surface area contributed by atoms with Crippen molar-refractivity contribution in [1.29, 1.82) is 0 Å². The fourth-order valence-electron chi connectivity index (χ4n) is 2.17. The fraction of sp³-hybridized carbons (Fsp3) is 0.562. The number of hydrogen-bond acceptors (Lipinski definition) is 5. The molecule has 24 heavy (non-hydrogen) atoms. The minimum Gasteiger partial charge on any atom is -0.493 e. The molecule has 0 radical (unpaired) electrons. The van der Waals surface area contributed by atoms with Gasteiger partial charge in [-0.25, -0.2) is 12.7 Å². The molecule has 0 aromatic heterocycles. The summed E-state index contributed by atoms with van der Waals surface area (Å²) in [5.41, 5.74) is 0.419. The number of amides is 1. The van der Waals surface area contributed by atoms with Crippen LogP contribution in [0.1, 0.15) is 24.2 Å². The highest BCUT2D eigenvalue weighted by molar-refractivity contribution is 7.88. The second kappa shape index (κ2) is 8.89. The summed E-state index contributed by atoms with van der Waals surface area (Å²) in [5, 5.41) is 2.72. The largest absolute Gasteiger partial charge is 0.493 e. The maximum Gasteiger partial charge on any atom is 0.251 e. The van der Waals surface area contributed by atoms with Crippen LogP contribution in [-0.4, -0.2) is 58.7 Å². The molecule has 0 bridgehead atoms. The third kappa shape index (κ3) is 6.01. The molecule has 1 aromatic rings. The summed E-state index contributed by atoms with van der Waals surface area (Å²) in [7, 11) is -0.281. The average Bonchev–Trinajstić information content (AvgIpc) is 2.51. The van der Waals surface area contributed by atoms with Crippen LogP contribution >= 0.6 is 0 Å². The van der Waals surface area contributed by atoms with Gasteiger partial charge in [-0.2, -0.15) is 0 Å². The Balaban J connectivity index is 2.68. The first kappa shape index (κ1) is 20.2. The van der Waals surface area contributed by atoms with Crippen LogP contribution in [0.15, 0.2) is 18.2 Å². The lowest BCUT2D eigenvalue weighted by molar-refractivity contribution is 0.0951. The quantitative estimate of drug-likeness (QED) is 0.720. The summed E-state index contributed by atoms with van der Waals surface area (Å²) in [6.45, 7) is 4.77. The molecule has 0 saturated heterocycles. The molecule has 1 amide bonds. The van der Waals surface area contributed by atoms with Crippen molar-refractivity contribution < 1.29 is 22.7 Å². The third-order valence-corrected chi connectivity index (χ3v) is 4.60. The molecule has 7 nitrogen and oxygen atoms in total. The van der Waals surface area contributed by atoms with Crippen LogP contribution in [0.3, 0.4) is 0 Å². The zero-order chi connectivity index (χ0) is 18.3. The van der Waals surface area contributed by atoms with E-state index in [1.165, 1.54) is 24.8 Å². The Morgan fingerprint density at radius 3 is 2.33 bits per heavy atom. The lowest BCUT2D eigenvalue weighted by Crippen LogP contribution is -2.39. The SMILES string of the molecule is COc1ccc(C(=O)NCCN(CC(C)C)S(C)(=O)=O)cc1OC. The smallest absolute Gasteiger partial charge is 0.251 e. The van der Waals surface area contributed by atoms with Crippen LogP contribution in [0.25, 0.3) is 0 Å². The van der Waals surface area contributed by atoms with Gasteiger partial charge in [-0.05, 0) is 24.1 Å². The number of methoxy groups -OCH3 is 2. The van der Waals surface area contributed by atoms with E-state index in [2.05, 4.69) is 5.32 Å². The Morgan fingerprint density at radius 2 is 1.83 bits per heavy atom. The standard InChI is InChI=1S/C16H26N2O5S/c1-12(2)11-18(24(5,20)21)9-8-17-16(19)13-6-7-14(22-3)15(10-13)23-4/h6-7,10,12H,8-9,11H2,1-5H3,(H,17,19). The molecule has 0 saturated carbocycles. The first-order chi connectivity index (χ1) is 11.2. The monoisotopic (exact) mass is 358 g/mol. The molecule has 1 aromatic carbocycles. The molecule has 8 heteroatoms. The van der Waals surface area contributed by atoms with Crippen LogP contribution in [0.5, 0.6) is 11.5 Å². The molecule has 0 aliphatic carbocycles. The maximum atomic E-state index is 12.2. The Morgan fingerprint density at radius 1 is 1.21 bits per heavy atom. The van der Waals surface area contributed by atoms with E-state index in [4.69, 9.17) is 9.47 Å². The van der Waals surface area contributed by atoms with E-state index in [-0.39, 0.29) is 24.9 Å². The van der Waals surface area contributed by atoms with Gasteiger partial charge in [0.15, 0.2) is 11.5 Å². The van der Waals surface area contributed by atoms with Gasteiger partial charge in [-0.3, -0.25) is 4.79 Å². The van der Waals surface area contributed by atoms with Crippen molar-refractivity contribution in [3.63, 3.8) is 0 Å². The Bertz CT molecular complexity index is 658. The lowest BCUT2D eigenvalue weighted by Gasteiger charge is -2.22. The van der Waals surface area contributed by atoms with Crippen molar-refractivity contribution in [3.05, 3.63) is 23.8 Å². The number of carbonyl (C=O) groups is 1. The van der Waals surface area contributed by atoms with Gasteiger partial charge in [-0.15, -0.1) is 0 Å². The first-order valence-electron chi connectivity index (χ1n) is 7.64. The van der Waals surface area contributed by atoms with Crippen molar-refractivity contribution in [3.8, 4) is 11.5 Å². The second-order valence-corrected chi connectivity index (χ2v) is 7.82. The topological polar surface area (TPSA) is 84.9 Å². The van der Waals surface area contributed by atoms with Crippen molar-refractivity contribution in [2.24, 2.45) is 5.92 Å². The van der Waals surface area contributed by atoms with E-state index in [0.29, 0.717) is 23.6 Å². The highest BCUT2D eigenvalue weighted by Gasteiger charge is 2.18. The van der Waals surface area contributed by atoms with Gasteiger partial charge >= 0.3 is 0 Å². The number of carbonyl (C=O) groups excluding carboxylic acids is 1. The van der Waals surface area contributed by atoms with Gasteiger partial charge in [0.25, 0.3) is 5.91 Å². The lowest BCUT2D eigenvalue weighted by atomic mass is 10.2. The van der Waals surface area contributed by atoms with E-state index < -0.39 is 10.0 Å². The van der Waals surface area contributed by atoms with Crippen LogP contribution < -0.4 is 14.8 Å². The van der Waals surface area contributed by atoms with Crippen molar-refractivity contribution in [2.75, 3.05) is 40.1 Å². The molecule has 0 aliphatic rings. The molecule has 0 atom stereocenters. The number of benzene rings is 1. The number of ether oxygens (including phenoxy) is 2. The molecular weight excluding hydrogens is 332 g/mol.